The number of anilines is 1. The molecule has 0 aliphatic carbocycles. The monoisotopic (exact) mass is 397 g/mol. The molecule has 2 aromatic rings. The van der Waals surface area contributed by atoms with Crippen molar-refractivity contribution in [2.75, 3.05) is 18.8 Å². The lowest BCUT2D eigenvalue weighted by Crippen LogP contribution is -2.25. The molecule has 6 heteroatoms. The molecule has 2 rings (SSSR count). The SMILES string of the molecule is CCN(CC)Cc1cccc(CNC(=O)Cc2ccc(N)cc2)c1.Cl.Cl. The number of hydrogen-bond donors (Lipinski definition) is 2. The van der Waals surface area contributed by atoms with Crippen molar-refractivity contribution in [3.05, 3.63) is 65.2 Å². The standard InChI is InChI=1S/C20H27N3O.2ClH/c1-3-23(4-2)15-18-7-5-6-17(12-18)14-22-20(24)13-16-8-10-19(21)11-9-16;;/h5-12H,3-4,13-15,21H2,1-2H3,(H,22,24);2*1H. The summed E-state index contributed by atoms with van der Waals surface area (Å²) in [6.07, 6.45) is 0.374. The van der Waals surface area contributed by atoms with E-state index in [1.165, 1.54) is 5.56 Å². The minimum absolute atomic E-state index is 0. The number of nitrogen functional groups attached to an aromatic ring is 1. The summed E-state index contributed by atoms with van der Waals surface area (Å²) in [6.45, 7) is 7.92. The first kappa shape index (κ1) is 24.2. The second-order valence-electron chi connectivity index (χ2n) is 5.98. The maximum absolute atomic E-state index is 12.1. The summed E-state index contributed by atoms with van der Waals surface area (Å²) in [5.74, 6) is 0.0221. The molecule has 0 radical (unpaired) electrons. The third-order valence-corrected chi connectivity index (χ3v) is 4.13. The van der Waals surface area contributed by atoms with Crippen LogP contribution in [0.3, 0.4) is 0 Å². The molecular formula is C20H29Cl2N3O. The van der Waals surface area contributed by atoms with Crippen LogP contribution in [-0.4, -0.2) is 23.9 Å². The number of hydrogen-bond acceptors (Lipinski definition) is 3. The smallest absolute Gasteiger partial charge is 0.224 e. The van der Waals surface area contributed by atoms with E-state index in [0.29, 0.717) is 18.7 Å². The van der Waals surface area contributed by atoms with Gasteiger partial charge < -0.3 is 11.1 Å². The summed E-state index contributed by atoms with van der Waals surface area (Å²) in [5, 5.41) is 2.99. The molecule has 0 fully saturated rings. The number of nitrogens with two attached hydrogens (primary N) is 1. The van der Waals surface area contributed by atoms with Gasteiger partial charge >= 0.3 is 0 Å². The molecule has 2 aromatic carbocycles. The van der Waals surface area contributed by atoms with Crippen molar-refractivity contribution in [3.63, 3.8) is 0 Å². The number of nitrogens with zero attached hydrogens (tertiary/aromatic N) is 1. The number of amides is 1. The average molecular weight is 398 g/mol. The van der Waals surface area contributed by atoms with Crippen LogP contribution in [0.4, 0.5) is 5.69 Å². The highest BCUT2D eigenvalue weighted by molar-refractivity contribution is 5.85. The second kappa shape index (κ2) is 12.6. The Bertz CT molecular complexity index is 658. The van der Waals surface area contributed by atoms with Crippen LogP contribution in [0.25, 0.3) is 0 Å². The first-order valence-corrected chi connectivity index (χ1v) is 8.52. The van der Waals surface area contributed by atoms with Gasteiger partial charge in [-0.25, -0.2) is 0 Å². The van der Waals surface area contributed by atoms with Gasteiger partial charge in [0.1, 0.15) is 0 Å². The molecule has 144 valence electrons. The number of benzene rings is 2. The molecule has 0 aromatic heterocycles. The van der Waals surface area contributed by atoms with Crippen molar-refractivity contribution in [3.8, 4) is 0 Å². The van der Waals surface area contributed by atoms with Crippen molar-refractivity contribution in [1.82, 2.24) is 10.2 Å². The lowest BCUT2D eigenvalue weighted by molar-refractivity contribution is -0.120. The summed E-state index contributed by atoms with van der Waals surface area (Å²) in [6, 6.07) is 15.8. The average Bonchev–Trinajstić information content (AvgIpc) is 2.60. The highest BCUT2D eigenvalue weighted by Gasteiger charge is 2.05. The van der Waals surface area contributed by atoms with Crippen molar-refractivity contribution >= 4 is 36.4 Å². The molecule has 0 aliphatic heterocycles. The van der Waals surface area contributed by atoms with Gasteiger partial charge in [0.2, 0.25) is 5.91 Å². The molecule has 26 heavy (non-hydrogen) atoms. The summed E-state index contributed by atoms with van der Waals surface area (Å²) in [7, 11) is 0. The number of carbonyl (C=O) groups excluding carboxylic acids is 1. The van der Waals surface area contributed by atoms with Crippen LogP contribution >= 0.6 is 24.8 Å². The Morgan fingerprint density at radius 3 is 2.19 bits per heavy atom. The Labute approximate surface area is 169 Å². The van der Waals surface area contributed by atoms with Gasteiger partial charge in [0.15, 0.2) is 0 Å². The largest absolute Gasteiger partial charge is 0.399 e. The number of rotatable bonds is 8. The number of halogens is 2. The van der Waals surface area contributed by atoms with Crippen LogP contribution in [0, 0.1) is 0 Å². The predicted octanol–water partition coefficient (Wildman–Crippen LogP) is 3.81. The molecule has 1 amide bonds. The van der Waals surface area contributed by atoms with E-state index in [4.69, 9.17) is 5.73 Å². The van der Waals surface area contributed by atoms with E-state index >= 15 is 0 Å². The summed E-state index contributed by atoms with van der Waals surface area (Å²) in [4.78, 5) is 14.4. The van der Waals surface area contributed by atoms with Gasteiger partial charge in [0.25, 0.3) is 0 Å². The van der Waals surface area contributed by atoms with Crippen LogP contribution in [-0.2, 0) is 24.3 Å². The van der Waals surface area contributed by atoms with Crippen LogP contribution in [0.15, 0.2) is 48.5 Å². The second-order valence-corrected chi connectivity index (χ2v) is 5.98. The first-order chi connectivity index (χ1) is 11.6. The van der Waals surface area contributed by atoms with E-state index in [1.807, 2.05) is 24.3 Å². The minimum atomic E-state index is 0. The predicted molar refractivity (Wildman–Crippen MR) is 114 cm³/mol. The molecule has 0 saturated carbocycles. The van der Waals surface area contributed by atoms with E-state index in [1.54, 1.807) is 0 Å². The molecule has 0 aliphatic rings. The van der Waals surface area contributed by atoms with Crippen molar-refractivity contribution < 1.29 is 4.79 Å². The highest BCUT2D eigenvalue weighted by atomic mass is 35.5. The van der Waals surface area contributed by atoms with Gasteiger partial charge in [-0.3, -0.25) is 9.69 Å². The molecular weight excluding hydrogens is 369 g/mol. The van der Waals surface area contributed by atoms with Crippen LogP contribution in [0.2, 0.25) is 0 Å². The molecule has 0 heterocycles. The fourth-order valence-electron chi connectivity index (χ4n) is 2.63. The van der Waals surface area contributed by atoms with E-state index in [9.17, 15) is 4.79 Å². The zero-order valence-corrected chi connectivity index (χ0v) is 17.0. The zero-order valence-electron chi connectivity index (χ0n) is 15.4. The van der Waals surface area contributed by atoms with Crippen molar-refractivity contribution in [2.45, 2.75) is 33.4 Å². The molecule has 0 spiro atoms. The maximum Gasteiger partial charge on any atom is 0.224 e. The summed E-state index contributed by atoms with van der Waals surface area (Å²) in [5.41, 5.74) is 9.75. The summed E-state index contributed by atoms with van der Waals surface area (Å²) < 4.78 is 0. The number of nitrogens with one attached hydrogen (secondary N) is 1. The first-order valence-electron chi connectivity index (χ1n) is 8.52. The quantitative estimate of drug-likeness (QED) is 0.665. The van der Waals surface area contributed by atoms with Crippen LogP contribution in [0.1, 0.15) is 30.5 Å². The molecule has 0 saturated heterocycles. The van der Waals surface area contributed by atoms with E-state index in [2.05, 4.69) is 48.3 Å². The lowest BCUT2D eigenvalue weighted by atomic mass is 10.1. The van der Waals surface area contributed by atoms with Crippen molar-refractivity contribution in [1.29, 1.82) is 0 Å². The Balaban J connectivity index is 0.00000312. The highest BCUT2D eigenvalue weighted by Crippen LogP contribution is 2.09. The fourth-order valence-corrected chi connectivity index (χ4v) is 2.63. The van der Waals surface area contributed by atoms with E-state index in [0.717, 1.165) is 30.8 Å². The van der Waals surface area contributed by atoms with Crippen molar-refractivity contribution in [2.24, 2.45) is 0 Å². The molecule has 4 nitrogen and oxygen atoms in total. The van der Waals surface area contributed by atoms with E-state index < -0.39 is 0 Å². The summed E-state index contributed by atoms with van der Waals surface area (Å²) >= 11 is 0. The van der Waals surface area contributed by atoms with E-state index in [-0.39, 0.29) is 30.7 Å². The van der Waals surface area contributed by atoms with Gasteiger partial charge in [-0.2, -0.15) is 0 Å². The van der Waals surface area contributed by atoms with Gasteiger partial charge in [-0.1, -0.05) is 50.2 Å². The topological polar surface area (TPSA) is 58.4 Å². The molecule has 3 N–H and O–H groups in total. The zero-order chi connectivity index (χ0) is 17.4. The normalized spacial score (nSPS) is 9.96. The van der Waals surface area contributed by atoms with Gasteiger partial charge in [0, 0.05) is 18.8 Å². The Hall–Kier alpha value is -1.75. The third kappa shape index (κ3) is 8.09. The van der Waals surface area contributed by atoms with Crippen LogP contribution < -0.4 is 11.1 Å². The minimum Gasteiger partial charge on any atom is -0.399 e. The maximum atomic E-state index is 12.1. The van der Waals surface area contributed by atoms with Gasteiger partial charge in [0.05, 0.1) is 6.42 Å². The Kier molecular flexibility index (Phi) is 11.7. The Morgan fingerprint density at radius 1 is 0.962 bits per heavy atom. The lowest BCUT2D eigenvalue weighted by Gasteiger charge is -2.18. The molecule has 0 atom stereocenters. The van der Waals surface area contributed by atoms with Gasteiger partial charge in [-0.05, 0) is 41.9 Å². The molecule has 0 bridgehead atoms. The van der Waals surface area contributed by atoms with Gasteiger partial charge in [-0.15, -0.1) is 24.8 Å². The third-order valence-electron chi connectivity index (χ3n) is 4.13. The fraction of sp³-hybridized carbons (Fsp3) is 0.350. The van der Waals surface area contributed by atoms with Crippen LogP contribution in [0.5, 0.6) is 0 Å². The Morgan fingerprint density at radius 2 is 1.58 bits per heavy atom. The number of carbonyl (C=O) groups is 1. The molecule has 0 unspecified atom stereocenters.